The molecule has 248 valence electrons. The van der Waals surface area contributed by atoms with Crippen molar-refractivity contribution in [3.63, 3.8) is 0 Å². The molecule has 9 nitrogen and oxygen atoms in total. The number of ether oxygens (including phenoxy) is 3. The summed E-state index contributed by atoms with van der Waals surface area (Å²) in [4.78, 5) is 26.5. The van der Waals surface area contributed by atoms with Gasteiger partial charge in [0.05, 0.1) is 34.6 Å². The first-order valence-electron chi connectivity index (χ1n) is 15.1. The summed E-state index contributed by atoms with van der Waals surface area (Å²) in [5.41, 5.74) is 1.05. The van der Waals surface area contributed by atoms with E-state index in [-0.39, 0.29) is 29.5 Å². The van der Waals surface area contributed by atoms with Crippen LogP contribution in [0.1, 0.15) is 55.3 Å². The van der Waals surface area contributed by atoms with Crippen LogP contribution in [0.25, 0.3) is 0 Å². The van der Waals surface area contributed by atoms with Crippen LogP contribution in [0.4, 0.5) is 4.79 Å². The number of carbonyl (C=O) groups is 2. The van der Waals surface area contributed by atoms with Crippen molar-refractivity contribution in [3.05, 3.63) is 119 Å². The van der Waals surface area contributed by atoms with E-state index in [9.17, 15) is 23.1 Å². The Morgan fingerprint density at radius 2 is 1.45 bits per heavy atom. The Hall–Kier alpha value is -4.38. The van der Waals surface area contributed by atoms with Crippen LogP contribution in [0.3, 0.4) is 0 Å². The van der Waals surface area contributed by atoms with Gasteiger partial charge in [-0.2, -0.15) is 0 Å². The van der Waals surface area contributed by atoms with E-state index in [4.69, 9.17) is 25.8 Å². The smallest absolute Gasteiger partial charge is 0.410 e. The molecular formula is C36H38ClNO8S. The van der Waals surface area contributed by atoms with Gasteiger partial charge in [0, 0.05) is 11.6 Å². The van der Waals surface area contributed by atoms with E-state index < -0.39 is 33.6 Å². The third-order valence-corrected chi connectivity index (χ3v) is 8.94. The second kappa shape index (κ2) is 15.5. The van der Waals surface area contributed by atoms with Crippen LogP contribution in [0, 0.1) is 0 Å². The normalized spacial score (nSPS) is 12.2. The maximum absolute atomic E-state index is 13.3. The predicted molar refractivity (Wildman–Crippen MR) is 179 cm³/mol. The van der Waals surface area contributed by atoms with E-state index in [1.165, 1.54) is 29.2 Å². The number of carbonyl (C=O) groups excluding carboxylic acids is 2. The fraction of sp³-hybridized carbons (Fsp3) is 0.278. The minimum atomic E-state index is -3.82. The zero-order chi connectivity index (χ0) is 34.2. The van der Waals surface area contributed by atoms with Crippen molar-refractivity contribution in [2.75, 3.05) is 19.7 Å². The van der Waals surface area contributed by atoms with E-state index in [0.29, 0.717) is 34.1 Å². The summed E-state index contributed by atoms with van der Waals surface area (Å²) in [7, 11) is -3.82. The van der Waals surface area contributed by atoms with Crippen molar-refractivity contribution in [2.45, 2.75) is 55.6 Å². The molecule has 0 bridgehead atoms. The highest BCUT2D eigenvalue weighted by Crippen LogP contribution is 2.27. The number of aliphatic hydroxyl groups excluding tert-OH is 1. The van der Waals surface area contributed by atoms with Crippen molar-refractivity contribution in [2.24, 2.45) is 0 Å². The monoisotopic (exact) mass is 679 g/mol. The molecule has 0 heterocycles. The Morgan fingerprint density at radius 3 is 2.00 bits per heavy atom. The minimum Gasteiger partial charge on any atom is -0.462 e. The number of esters is 1. The number of hydrogen-bond donors (Lipinski definition) is 1. The Kier molecular flexibility index (Phi) is 11.7. The van der Waals surface area contributed by atoms with Crippen molar-refractivity contribution < 1.29 is 37.3 Å². The molecule has 0 saturated heterocycles. The molecule has 0 aliphatic carbocycles. The predicted octanol–water partition coefficient (Wildman–Crippen LogP) is 7.66. The lowest BCUT2D eigenvalue weighted by atomic mass is 10.1. The van der Waals surface area contributed by atoms with Gasteiger partial charge < -0.3 is 24.2 Å². The zero-order valence-corrected chi connectivity index (χ0v) is 28.3. The van der Waals surface area contributed by atoms with E-state index in [2.05, 4.69) is 0 Å². The van der Waals surface area contributed by atoms with Crippen molar-refractivity contribution in [1.29, 1.82) is 0 Å². The first-order chi connectivity index (χ1) is 22.2. The Balaban J connectivity index is 1.40. The molecule has 0 aliphatic heterocycles. The van der Waals surface area contributed by atoms with Gasteiger partial charge in [0.2, 0.25) is 9.84 Å². The Bertz CT molecular complexity index is 1770. The third-order valence-electron chi connectivity index (χ3n) is 6.92. The highest BCUT2D eigenvalue weighted by Gasteiger charge is 2.25. The van der Waals surface area contributed by atoms with E-state index in [0.717, 1.165) is 5.56 Å². The minimum absolute atomic E-state index is 0.0136. The van der Waals surface area contributed by atoms with Gasteiger partial charge in [-0.1, -0.05) is 35.9 Å². The number of aliphatic hydroxyl groups is 1. The second-order valence-corrected chi connectivity index (χ2v) is 14.1. The van der Waals surface area contributed by atoms with Gasteiger partial charge in [-0.3, -0.25) is 0 Å². The van der Waals surface area contributed by atoms with Crippen LogP contribution in [0.15, 0.2) is 107 Å². The summed E-state index contributed by atoms with van der Waals surface area (Å²) in [6.45, 7) is 7.53. The largest absolute Gasteiger partial charge is 0.462 e. The van der Waals surface area contributed by atoms with Crippen LogP contribution in [-0.2, 0) is 25.7 Å². The van der Waals surface area contributed by atoms with Gasteiger partial charge in [-0.25, -0.2) is 18.0 Å². The first kappa shape index (κ1) is 35.5. The average molecular weight is 680 g/mol. The summed E-state index contributed by atoms with van der Waals surface area (Å²) in [6.07, 6.45) is -1.16. The molecule has 4 aromatic rings. The summed E-state index contributed by atoms with van der Waals surface area (Å²) in [6, 6.07) is 25.8. The maximum atomic E-state index is 13.3. The van der Waals surface area contributed by atoms with Gasteiger partial charge in [0.15, 0.2) is 0 Å². The number of sulfone groups is 1. The van der Waals surface area contributed by atoms with Gasteiger partial charge in [-0.05, 0) is 118 Å². The molecular weight excluding hydrogens is 642 g/mol. The standard InChI is InChI=1S/C36H38ClNO8S/c1-5-44-34(40)26-11-13-29(14-12-26)45-30-15-19-32(20-16-30)47(42,43)31-17-9-25(10-18-31)21-22-38(35(41)46-36(2,3)4)24-33(39)27-7-6-8-28(37)23-27/h6-20,23,33,39H,5,21-22,24H2,1-4H3/t33-/m0/s1. The highest BCUT2D eigenvalue weighted by molar-refractivity contribution is 7.91. The molecule has 4 aromatic carbocycles. The molecule has 1 N–H and O–H groups in total. The molecule has 0 saturated carbocycles. The van der Waals surface area contributed by atoms with Crippen molar-refractivity contribution in [1.82, 2.24) is 4.90 Å². The molecule has 0 fully saturated rings. The molecule has 47 heavy (non-hydrogen) atoms. The second-order valence-electron chi connectivity index (χ2n) is 11.7. The van der Waals surface area contributed by atoms with E-state index in [1.807, 2.05) is 0 Å². The van der Waals surface area contributed by atoms with Crippen LogP contribution in [0.5, 0.6) is 11.5 Å². The third kappa shape index (κ3) is 10.1. The Morgan fingerprint density at radius 1 is 0.872 bits per heavy atom. The van der Waals surface area contributed by atoms with Crippen molar-refractivity contribution in [3.8, 4) is 11.5 Å². The molecule has 0 radical (unpaired) electrons. The number of nitrogens with zero attached hydrogens (tertiary/aromatic N) is 1. The fourth-order valence-corrected chi connectivity index (χ4v) is 6.00. The van der Waals surface area contributed by atoms with Gasteiger partial charge in [0.25, 0.3) is 0 Å². The van der Waals surface area contributed by atoms with E-state index >= 15 is 0 Å². The van der Waals surface area contributed by atoms with Gasteiger partial charge >= 0.3 is 12.1 Å². The topological polar surface area (TPSA) is 119 Å². The summed E-state index contributed by atoms with van der Waals surface area (Å²) in [5.74, 6) is 0.487. The SMILES string of the molecule is CCOC(=O)c1ccc(Oc2ccc(S(=O)(=O)c3ccc(CCN(C[C@H](O)c4cccc(Cl)c4)C(=O)OC(C)(C)C)cc3)cc2)cc1. The number of halogens is 1. The number of rotatable bonds is 12. The molecule has 0 unspecified atom stereocenters. The number of hydrogen-bond acceptors (Lipinski definition) is 8. The molecule has 0 aliphatic rings. The average Bonchev–Trinajstić information content (AvgIpc) is 3.03. The van der Waals surface area contributed by atoms with Crippen LogP contribution in [-0.4, -0.2) is 55.8 Å². The molecule has 4 rings (SSSR count). The summed E-state index contributed by atoms with van der Waals surface area (Å²) >= 11 is 6.08. The van der Waals surface area contributed by atoms with Crippen LogP contribution < -0.4 is 4.74 Å². The molecule has 11 heteroatoms. The van der Waals surface area contributed by atoms with Gasteiger partial charge in [-0.15, -0.1) is 0 Å². The lowest BCUT2D eigenvalue weighted by Crippen LogP contribution is -2.40. The summed E-state index contributed by atoms with van der Waals surface area (Å²) in [5, 5.41) is 11.3. The quantitative estimate of drug-likeness (QED) is 0.152. The van der Waals surface area contributed by atoms with Gasteiger partial charge in [0.1, 0.15) is 17.1 Å². The zero-order valence-electron chi connectivity index (χ0n) is 26.7. The van der Waals surface area contributed by atoms with Crippen LogP contribution in [0.2, 0.25) is 5.02 Å². The molecule has 0 spiro atoms. The number of benzene rings is 4. The lowest BCUT2D eigenvalue weighted by Gasteiger charge is -2.29. The Labute approximate surface area is 280 Å². The molecule has 1 amide bonds. The lowest BCUT2D eigenvalue weighted by molar-refractivity contribution is 0.0147. The molecule has 1 atom stereocenters. The highest BCUT2D eigenvalue weighted by atomic mass is 35.5. The van der Waals surface area contributed by atoms with E-state index in [1.54, 1.807) is 100 Å². The summed E-state index contributed by atoms with van der Waals surface area (Å²) < 4.78 is 43.0. The fourth-order valence-electron chi connectivity index (χ4n) is 4.54. The first-order valence-corrected chi connectivity index (χ1v) is 16.9. The van der Waals surface area contributed by atoms with Crippen LogP contribution >= 0.6 is 11.6 Å². The maximum Gasteiger partial charge on any atom is 0.410 e. The molecule has 0 aromatic heterocycles. The number of amides is 1. The van der Waals surface area contributed by atoms with Crippen molar-refractivity contribution >= 4 is 33.5 Å².